The molecule has 0 saturated carbocycles. The number of hydrogen-bond donors (Lipinski definition) is 1. The van der Waals surface area contributed by atoms with E-state index in [2.05, 4.69) is 4.72 Å². The molecule has 0 amide bonds. The molecule has 0 bridgehead atoms. The molecule has 2 atom stereocenters. The molecule has 0 aliphatic carbocycles. The SMILES string of the molecule is CCOC(=O)CC(N[S@+]([O-])C(C)(C)C)c1cc(-c2cccc(F)c2C)c(C)c(C(F)(F)F)c1F. The highest BCUT2D eigenvalue weighted by Gasteiger charge is 2.41. The summed E-state index contributed by atoms with van der Waals surface area (Å²) in [7, 11) is 0. The number of carbonyl (C=O) groups excluding carboxylic acids is 1. The fourth-order valence-corrected chi connectivity index (χ4v) is 4.27. The Labute approximate surface area is 199 Å². The maximum atomic E-state index is 15.5. The molecule has 0 saturated heterocycles. The van der Waals surface area contributed by atoms with Gasteiger partial charge in [0, 0.05) is 16.9 Å². The third-order valence-corrected chi connectivity index (χ3v) is 6.86. The van der Waals surface area contributed by atoms with Crippen LogP contribution in [0.2, 0.25) is 0 Å². The molecule has 0 aliphatic rings. The Morgan fingerprint density at radius 3 is 2.26 bits per heavy atom. The first-order valence-corrected chi connectivity index (χ1v) is 11.7. The minimum atomic E-state index is -5.07. The number of carbonyl (C=O) groups is 1. The number of nitrogens with one attached hydrogen (secondary N) is 1. The Bertz CT molecular complexity index is 1050. The van der Waals surface area contributed by atoms with Crippen LogP contribution in [0.25, 0.3) is 11.1 Å². The highest BCUT2D eigenvalue weighted by atomic mass is 32.2. The minimum Gasteiger partial charge on any atom is -0.598 e. The van der Waals surface area contributed by atoms with Crippen LogP contribution in [0, 0.1) is 25.5 Å². The van der Waals surface area contributed by atoms with Gasteiger partial charge in [-0.05, 0) is 75.9 Å². The van der Waals surface area contributed by atoms with Crippen LogP contribution in [0.4, 0.5) is 22.0 Å². The van der Waals surface area contributed by atoms with Crippen LogP contribution in [-0.4, -0.2) is 21.9 Å². The molecule has 2 aromatic carbocycles. The zero-order valence-electron chi connectivity index (χ0n) is 19.8. The van der Waals surface area contributed by atoms with Gasteiger partial charge in [0.05, 0.1) is 24.6 Å². The highest BCUT2D eigenvalue weighted by molar-refractivity contribution is 7.90. The van der Waals surface area contributed by atoms with Crippen LogP contribution in [0.3, 0.4) is 0 Å². The lowest BCUT2D eigenvalue weighted by atomic mass is 9.88. The van der Waals surface area contributed by atoms with Crippen molar-refractivity contribution in [3.63, 3.8) is 0 Å². The molecular formula is C24H28F5NO3S. The third kappa shape index (κ3) is 6.28. The Morgan fingerprint density at radius 2 is 1.74 bits per heavy atom. The van der Waals surface area contributed by atoms with Gasteiger partial charge in [-0.25, -0.2) is 8.78 Å². The topological polar surface area (TPSA) is 61.4 Å². The van der Waals surface area contributed by atoms with Crippen LogP contribution >= 0.6 is 0 Å². The van der Waals surface area contributed by atoms with Gasteiger partial charge in [0.1, 0.15) is 16.4 Å². The van der Waals surface area contributed by atoms with Crippen LogP contribution in [0.1, 0.15) is 62.4 Å². The van der Waals surface area contributed by atoms with Crippen molar-refractivity contribution in [2.24, 2.45) is 0 Å². The predicted octanol–water partition coefficient (Wildman–Crippen LogP) is 6.31. The number of esters is 1. The fraction of sp³-hybridized carbons (Fsp3) is 0.458. The monoisotopic (exact) mass is 505 g/mol. The smallest absolute Gasteiger partial charge is 0.419 e. The molecule has 2 rings (SSSR count). The first-order valence-electron chi connectivity index (χ1n) is 10.6. The van der Waals surface area contributed by atoms with Crippen molar-refractivity contribution in [1.82, 2.24) is 4.72 Å². The summed E-state index contributed by atoms with van der Waals surface area (Å²) in [5.74, 6) is -3.02. The summed E-state index contributed by atoms with van der Waals surface area (Å²) < 4.78 is 91.0. The second kappa shape index (κ2) is 10.6. The van der Waals surface area contributed by atoms with E-state index in [-0.39, 0.29) is 23.3 Å². The van der Waals surface area contributed by atoms with Gasteiger partial charge >= 0.3 is 12.1 Å². The Hall–Kier alpha value is -2.17. The van der Waals surface area contributed by atoms with Crippen LogP contribution < -0.4 is 4.72 Å². The van der Waals surface area contributed by atoms with Gasteiger partial charge in [0.25, 0.3) is 0 Å². The summed E-state index contributed by atoms with van der Waals surface area (Å²) in [6.45, 7) is 8.92. The molecule has 4 nitrogen and oxygen atoms in total. The second-order valence-electron chi connectivity index (χ2n) is 8.80. The highest BCUT2D eigenvalue weighted by Crippen LogP contribution is 2.42. The summed E-state index contributed by atoms with van der Waals surface area (Å²) in [5, 5.41) is 0. The minimum absolute atomic E-state index is 0.00579. The molecule has 0 fully saturated rings. The molecule has 0 aliphatic heterocycles. The molecule has 1 unspecified atom stereocenters. The average molecular weight is 506 g/mol. The number of benzene rings is 2. The lowest BCUT2D eigenvalue weighted by Gasteiger charge is -2.29. The fourth-order valence-electron chi connectivity index (χ4n) is 3.45. The molecule has 0 aromatic heterocycles. The van der Waals surface area contributed by atoms with Gasteiger partial charge in [-0.2, -0.15) is 13.2 Å². The van der Waals surface area contributed by atoms with Crippen molar-refractivity contribution >= 4 is 17.3 Å². The molecule has 0 heterocycles. The van der Waals surface area contributed by atoms with Crippen molar-refractivity contribution in [3.05, 3.63) is 58.2 Å². The van der Waals surface area contributed by atoms with E-state index in [0.717, 1.165) is 13.0 Å². The normalized spacial score (nSPS) is 14.1. The van der Waals surface area contributed by atoms with Gasteiger partial charge in [-0.1, -0.05) is 12.1 Å². The quantitative estimate of drug-likeness (QED) is 0.272. The summed E-state index contributed by atoms with van der Waals surface area (Å²) >= 11 is -1.85. The van der Waals surface area contributed by atoms with Gasteiger partial charge < -0.3 is 9.29 Å². The number of hydrogen-bond acceptors (Lipinski definition) is 4. The maximum Gasteiger partial charge on any atom is 0.419 e. The Kier molecular flexibility index (Phi) is 8.77. The van der Waals surface area contributed by atoms with E-state index in [1.54, 1.807) is 27.7 Å². The number of ether oxygens (including phenoxy) is 1. The van der Waals surface area contributed by atoms with E-state index in [0.29, 0.717) is 0 Å². The van der Waals surface area contributed by atoms with Gasteiger partial charge in [-0.15, -0.1) is 4.72 Å². The predicted molar refractivity (Wildman–Crippen MR) is 121 cm³/mol. The molecule has 2 aromatic rings. The summed E-state index contributed by atoms with van der Waals surface area (Å²) in [6, 6.07) is 3.70. The van der Waals surface area contributed by atoms with Crippen molar-refractivity contribution < 1.29 is 36.0 Å². The molecule has 0 radical (unpaired) electrons. The molecule has 188 valence electrons. The van der Waals surface area contributed by atoms with Crippen molar-refractivity contribution in [3.8, 4) is 11.1 Å². The number of rotatable bonds is 7. The molecule has 1 N–H and O–H groups in total. The van der Waals surface area contributed by atoms with E-state index in [9.17, 15) is 26.9 Å². The van der Waals surface area contributed by atoms with Gasteiger partial charge in [0.2, 0.25) is 0 Å². The van der Waals surface area contributed by atoms with E-state index in [4.69, 9.17) is 4.74 Å². The summed E-state index contributed by atoms with van der Waals surface area (Å²) in [4.78, 5) is 12.2. The average Bonchev–Trinajstić information content (AvgIpc) is 2.68. The van der Waals surface area contributed by atoms with E-state index < -0.39 is 69.0 Å². The molecular weight excluding hydrogens is 477 g/mol. The lowest BCUT2D eigenvalue weighted by Crippen LogP contribution is -2.42. The zero-order valence-corrected chi connectivity index (χ0v) is 20.6. The van der Waals surface area contributed by atoms with Crippen molar-refractivity contribution in [2.75, 3.05) is 6.61 Å². The van der Waals surface area contributed by atoms with Crippen LogP contribution in [0.15, 0.2) is 24.3 Å². The van der Waals surface area contributed by atoms with E-state index >= 15 is 4.39 Å². The molecule has 10 heteroatoms. The first kappa shape index (κ1) is 28.1. The zero-order chi connectivity index (χ0) is 26.0. The maximum absolute atomic E-state index is 15.5. The summed E-state index contributed by atoms with van der Waals surface area (Å²) in [6.07, 6.45) is -5.63. The summed E-state index contributed by atoms with van der Waals surface area (Å²) in [5.41, 5.74) is -2.27. The second-order valence-corrected chi connectivity index (χ2v) is 10.8. The number of alkyl halides is 3. The lowest BCUT2D eigenvalue weighted by molar-refractivity contribution is -0.143. The standard InChI is InChI=1S/C24H28F5NO3S/c1-7-33-20(31)12-19(30-34(32)23(4,5)6)17-11-16(15-9-8-10-18(25)13(15)2)14(3)21(22(17)26)24(27,28)29/h8-11,19,30H,7,12H2,1-6H3/t19?,34-/m1/s1. The Morgan fingerprint density at radius 1 is 1.12 bits per heavy atom. The van der Waals surface area contributed by atoms with Crippen molar-refractivity contribution in [2.45, 2.75) is 64.9 Å². The number of halogens is 5. The van der Waals surface area contributed by atoms with Crippen molar-refractivity contribution in [1.29, 1.82) is 0 Å². The van der Waals surface area contributed by atoms with E-state index in [1.807, 2.05) is 0 Å². The van der Waals surface area contributed by atoms with Crippen LogP contribution in [0.5, 0.6) is 0 Å². The first-order chi connectivity index (χ1) is 15.6. The molecule has 0 spiro atoms. The van der Waals surface area contributed by atoms with Gasteiger partial charge in [0.15, 0.2) is 0 Å². The Balaban J connectivity index is 2.83. The van der Waals surface area contributed by atoms with Crippen LogP contribution in [-0.2, 0) is 27.1 Å². The van der Waals surface area contributed by atoms with Gasteiger partial charge in [-0.3, -0.25) is 4.79 Å². The van der Waals surface area contributed by atoms with E-state index in [1.165, 1.54) is 25.1 Å². The largest absolute Gasteiger partial charge is 0.598 e. The third-order valence-electron chi connectivity index (χ3n) is 5.25. The molecule has 34 heavy (non-hydrogen) atoms.